The molecule has 0 unspecified atom stereocenters. The van der Waals surface area contributed by atoms with Gasteiger partial charge in [-0.2, -0.15) is 5.10 Å². The number of hydrogen-bond donors (Lipinski definition) is 1. The van der Waals surface area contributed by atoms with Gasteiger partial charge in [0, 0.05) is 35.0 Å². The molecule has 132 valence electrons. The third-order valence-corrected chi connectivity index (χ3v) is 5.80. The molecule has 0 saturated heterocycles. The maximum atomic E-state index is 12.6. The topological polar surface area (TPSA) is 59.8 Å². The Hall–Kier alpha value is -1.99. The molecule has 2 atom stereocenters. The highest BCUT2D eigenvalue weighted by molar-refractivity contribution is 7.10. The lowest BCUT2D eigenvalue weighted by molar-refractivity contribution is -0.122. The highest BCUT2D eigenvalue weighted by Crippen LogP contribution is 2.24. The molecule has 0 saturated carbocycles. The molecule has 5 nitrogen and oxygen atoms in total. The second-order valence-electron chi connectivity index (χ2n) is 6.20. The van der Waals surface area contributed by atoms with Gasteiger partial charge in [-0.15, -0.1) is 22.7 Å². The minimum absolute atomic E-state index is 0.0207. The average Bonchev–Trinajstić information content (AvgIpc) is 3.28. The molecule has 0 fully saturated rings. The van der Waals surface area contributed by atoms with Crippen LogP contribution >= 0.6 is 22.7 Å². The minimum atomic E-state index is -0.0844. The van der Waals surface area contributed by atoms with Crippen molar-refractivity contribution in [3.05, 3.63) is 56.4 Å². The molecule has 0 aliphatic carbocycles. The molecule has 1 N–H and O–H groups in total. The van der Waals surface area contributed by atoms with Crippen molar-refractivity contribution in [2.24, 2.45) is 0 Å². The molecule has 0 spiro atoms. The van der Waals surface area contributed by atoms with Crippen molar-refractivity contribution in [1.29, 1.82) is 0 Å². The van der Waals surface area contributed by atoms with Crippen molar-refractivity contribution in [2.45, 2.75) is 45.7 Å². The van der Waals surface area contributed by atoms with Crippen molar-refractivity contribution >= 4 is 28.6 Å². The first kappa shape index (κ1) is 17.8. The highest BCUT2D eigenvalue weighted by atomic mass is 32.1. The fourth-order valence-electron chi connectivity index (χ4n) is 2.94. The van der Waals surface area contributed by atoms with E-state index in [9.17, 15) is 4.79 Å². The van der Waals surface area contributed by atoms with Crippen LogP contribution in [0.3, 0.4) is 0 Å². The Labute approximate surface area is 155 Å². The predicted molar refractivity (Wildman–Crippen MR) is 102 cm³/mol. The summed E-state index contributed by atoms with van der Waals surface area (Å²) < 4.78 is 1.92. The lowest BCUT2D eigenvalue weighted by atomic mass is 10.1. The third-order valence-electron chi connectivity index (χ3n) is 4.01. The van der Waals surface area contributed by atoms with Crippen LogP contribution in [-0.4, -0.2) is 20.7 Å². The largest absolute Gasteiger partial charge is 0.346 e. The molecular formula is C18H22N4OS2. The van der Waals surface area contributed by atoms with E-state index in [4.69, 9.17) is 0 Å². The van der Waals surface area contributed by atoms with E-state index in [-0.39, 0.29) is 18.0 Å². The van der Waals surface area contributed by atoms with Gasteiger partial charge >= 0.3 is 0 Å². The number of rotatable bonds is 7. The molecule has 3 heterocycles. The van der Waals surface area contributed by atoms with Gasteiger partial charge in [0.2, 0.25) is 5.91 Å². The van der Waals surface area contributed by atoms with E-state index in [1.54, 1.807) is 28.9 Å². The van der Waals surface area contributed by atoms with Crippen LogP contribution in [0, 0.1) is 13.8 Å². The van der Waals surface area contributed by atoms with Crippen molar-refractivity contribution < 1.29 is 4.79 Å². The molecule has 1 amide bonds. The fraction of sp³-hybridized carbons (Fsp3) is 0.389. The minimum Gasteiger partial charge on any atom is -0.346 e. The van der Waals surface area contributed by atoms with Gasteiger partial charge in [-0.1, -0.05) is 6.07 Å². The van der Waals surface area contributed by atoms with Gasteiger partial charge in [0.25, 0.3) is 0 Å². The van der Waals surface area contributed by atoms with E-state index in [2.05, 4.69) is 26.8 Å². The van der Waals surface area contributed by atoms with Crippen molar-refractivity contribution in [3.63, 3.8) is 0 Å². The standard InChI is InChI=1S/C18H22N4OS2/c1-12-9-13(2)22(21-12)14(3)10-17(23)20-16(18-19-6-8-25-18)11-15-5-4-7-24-15/h4-9,14,16H,10-11H2,1-3H3,(H,20,23)/t14-,16-/m1/s1. The third kappa shape index (κ3) is 4.55. The summed E-state index contributed by atoms with van der Waals surface area (Å²) in [6, 6.07) is 6.09. The van der Waals surface area contributed by atoms with E-state index >= 15 is 0 Å². The Morgan fingerprint density at radius 3 is 2.76 bits per heavy atom. The zero-order valence-corrected chi connectivity index (χ0v) is 16.2. The van der Waals surface area contributed by atoms with Crippen LogP contribution in [0.15, 0.2) is 35.2 Å². The summed E-state index contributed by atoms with van der Waals surface area (Å²) in [5.74, 6) is 0.0248. The Morgan fingerprint density at radius 2 is 2.16 bits per heavy atom. The maximum Gasteiger partial charge on any atom is 0.222 e. The second kappa shape index (κ2) is 7.93. The molecule has 3 aromatic heterocycles. The lowest BCUT2D eigenvalue weighted by Gasteiger charge is -2.19. The summed E-state index contributed by atoms with van der Waals surface area (Å²) in [4.78, 5) is 18.2. The summed E-state index contributed by atoms with van der Waals surface area (Å²) in [5.41, 5.74) is 2.05. The van der Waals surface area contributed by atoms with Crippen LogP contribution in [0.25, 0.3) is 0 Å². The van der Waals surface area contributed by atoms with Crippen molar-refractivity contribution in [1.82, 2.24) is 20.1 Å². The van der Waals surface area contributed by atoms with Gasteiger partial charge in [-0.3, -0.25) is 9.48 Å². The molecule has 3 rings (SSSR count). The van der Waals surface area contributed by atoms with E-state index in [1.807, 2.05) is 43.0 Å². The van der Waals surface area contributed by atoms with Crippen LogP contribution in [0.2, 0.25) is 0 Å². The summed E-state index contributed by atoms with van der Waals surface area (Å²) in [6.07, 6.45) is 2.95. The second-order valence-corrected chi connectivity index (χ2v) is 8.16. The Balaban J connectivity index is 1.66. The van der Waals surface area contributed by atoms with Gasteiger partial charge < -0.3 is 5.32 Å². The number of carbonyl (C=O) groups is 1. The van der Waals surface area contributed by atoms with E-state index in [0.717, 1.165) is 22.8 Å². The first-order chi connectivity index (χ1) is 12.0. The van der Waals surface area contributed by atoms with Gasteiger partial charge in [0.05, 0.1) is 17.8 Å². The van der Waals surface area contributed by atoms with Gasteiger partial charge in [-0.25, -0.2) is 4.98 Å². The molecule has 7 heteroatoms. The van der Waals surface area contributed by atoms with E-state index in [1.165, 1.54) is 4.88 Å². The quantitative estimate of drug-likeness (QED) is 0.678. The van der Waals surface area contributed by atoms with Crippen molar-refractivity contribution in [2.75, 3.05) is 0 Å². The summed E-state index contributed by atoms with van der Waals surface area (Å²) in [5, 5.41) is 12.6. The number of thiophene rings is 1. The number of aromatic nitrogens is 3. The lowest BCUT2D eigenvalue weighted by Crippen LogP contribution is -2.31. The first-order valence-electron chi connectivity index (χ1n) is 8.27. The summed E-state index contributed by atoms with van der Waals surface area (Å²) >= 11 is 3.28. The number of hydrogen-bond acceptors (Lipinski definition) is 5. The normalized spacial score (nSPS) is 13.6. The van der Waals surface area contributed by atoms with E-state index in [0.29, 0.717) is 6.42 Å². The molecule has 0 radical (unpaired) electrons. The summed E-state index contributed by atoms with van der Waals surface area (Å²) in [7, 11) is 0. The van der Waals surface area contributed by atoms with Crippen LogP contribution < -0.4 is 5.32 Å². The number of thiazole rings is 1. The summed E-state index contributed by atoms with van der Waals surface area (Å²) in [6.45, 7) is 6.01. The monoisotopic (exact) mass is 374 g/mol. The fourth-order valence-corrected chi connectivity index (χ4v) is 4.38. The van der Waals surface area contributed by atoms with Crippen LogP contribution in [0.1, 0.15) is 46.7 Å². The number of carbonyl (C=O) groups excluding carboxylic acids is 1. The first-order valence-corrected chi connectivity index (χ1v) is 10.0. The molecule has 0 aliphatic heterocycles. The molecule has 3 aromatic rings. The van der Waals surface area contributed by atoms with Crippen LogP contribution in [-0.2, 0) is 11.2 Å². The van der Waals surface area contributed by atoms with Gasteiger partial charge in [0.15, 0.2) is 0 Å². The molecule has 25 heavy (non-hydrogen) atoms. The SMILES string of the molecule is Cc1cc(C)n([C@H](C)CC(=O)N[C@H](Cc2cccs2)c2nccs2)n1. The number of nitrogens with zero attached hydrogens (tertiary/aromatic N) is 3. The number of aryl methyl sites for hydroxylation is 2. The van der Waals surface area contributed by atoms with Gasteiger partial charge in [-0.05, 0) is 38.3 Å². The predicted octanol–water partition coefficient (Wildman–Crippen LogP) is 4.07. The Morgan fingerprint density at radius 1 is 1.32 bits per heavy atom. The highest BCUT2D eigenvalue weighted by Gasteiger charge is 2.20. The smallest absolute Gasteiger partial charge is 0.222 e. The zero-order valence-electron chi connectivity index (χ0n) is 14.6. The maximum absolute atomic E-state index is 12.6. The molecule has 0 aliphatic rings. The Kier molecular flexibility index (Phi) is 5.65. The van der Waals surface area contributed by atoms with Gasteiger partial charge in [0.1, 0.15) is 5.01 Å². The zero-order chi connectivity index (χ0) is 17.8. The Bertz CT molecular complexity index is 808. The van der Waals surface area contributed by atoms with Crippen molar-refractivity contribution in [3.8, 4) is 0 Å². The van der Waals surface area contributed by atoms with Crippen LogP contribution in [0.5, 0.6) is 0 Å². The van der Waals surface area contributed by atoms with E-state index < -0.39 is 0 Å². The molecule has 0 bridgehead atoms. The number of nitrogens with one attached hydrogen (secondary N) is 1. The number of amides is 1. The van der Waals surface area contributed by atoms with Crippen LogP contribution in [0.4, 0.5) is 0 Å². The average molecular weight is 375 g/mol. The molecular weight excluding hydrogens is 352 g/mol. The molecule has 0 aromatic carbocycles.